The molecule has 40 heavy (non-hydrogen) atoms. The van der Waals surface area contributed by atoms with Crippen molar-refractivity contribution in [3.63, 3.8) is 0 Å². The highest BCUT2D eigenvalue weighted by Crippen LogP contribution is 2.34. The SMILES string of the molecule is O=C(c1ccc(Cl)cc1)N(C(=O)c1ccc(Cl)cc1)c1nn(-c2ccccc2)c2nc3c(Cl)ccc(Cl)c3nc12. The summed E-state index contributed by atoms with van der Waals surface area (Å²) >= 11 is 25.0. The van der Waals surface area contributed by atoms with Crippen LogP contribution in [-0.2, 0) is 0 Å². The Hall–Kier alpha value is -4.01. The van der Waals surface area contributed by atoms with Gasteiger partial charge in [0.05, 0.1) is 15.7 Å². The van der Waals surface area contributed by atoms with Crippen LogP contribution in [0.25, 0.3) is 27.9 Å². The average molecular weight is 607 g/mol. The van der Waals surface area contributed by atoms with Gasteiger partial charge >= 0.3 is 0 Å². The normalized spacial score (nSPS) is 11.2. The maximum atomic E-state index is 14.0. The Labute approximate surface area is 247 Å². The molecule has 11 heteroatoms. The van der Waals surface area contributed by atoms with Gasteiger partial charge in [-0.25, -0.2) is 19.5 Å². The topological polar surface area (TPSA) is 81.0 Å². The molecule has 0 unspecified atom stereocenters. The number of hydrogen-bond donors (Lipinski definition) is 0. The molecule has 0 fully saturated rings. The first kappa shape index (κ1) is 26.2. The number of nitrogens with zero attached hydrogens (tertiary/aromatic N) is 5. The number of benzene rings is 4. The highest BCUT2D eigenvalue weighted by molar-refractivity contribution is 6.39. The number of rotatable bonds is 4. The molecule has 7 nitrogen and oxygen atoms in total. The van der Waals surface area contributed by atoms with Gasteiger partial charge in [0.25, 0.3) is 11.8 Å². The molecule has 0 aliphatic heterocycles. The summed E-state index contributed by atoms with van der Waals surface area (Å²) in [6, 6.07) is 24.7. The van der Waals surface area contributed by atoms with Crippen LogP contribution >= 0.6 is 46.4 Å². The van der Waals surface area contributed by atoms with Crippen LogP contribution in [-0.4, -0.2) is 31.6 Å². The molecular formula is C29H15Cl4N5O2. The Bertz CT molecular complexity index is 1870. The molecule has 0 aliphatic carbocycles. The van der Waals surface area contributed by atoms with E-state index in [9.17, 15) is 9.59 Å². The quantitative estimate of drug-likeness (QED) is 0.190. The Morgan fingerprint density at radius 3 is 1.62 bits per heavy atom. The monoisotopic (exact) mass is 605 g/mol. The van der Waals surface area contributed by atoms with Gasteiger partial charge in [-0.1, -0.05) is 64.6 Å². The van der Waals surface area contributed by atoms with Gasteiger partial charge in [0.1, 0.15) is 11.0 Å². The van der Waals surface area contributed by atoms with Crippen LogP contribution in [0.5, 0.6) is 0 Å². The largest absolute Gasteiger partial charge is 0.268 e. The minimum atomic E-state index is -0.643. The van der Waals surface area contributed by atoms with E-state index in [4.69, 9.17) is 61.5 Å². The highest BCUT2D eigenvalue weighted by atomic mass is 35.5. The molecule has 0 radical (unpaired) electrons. The fourth-order valence-corrected chi connectivity index (χ4v) is 4.82. The van der Waals surface area contributed by atoms with E-state index in [2.05, 4.69) is 0 Å². The molecule has 6 rings (SSSR count). The van der Waals surface area contributed by atoms with Crippen LogP contribution in [0, 0.1) is 0 Å². The van der Waals surface area contributed by atoms with E-state index < -0.39 is 11.8 Å². The van der Waals surface area contributed by atoms with E-state index in [1.54, 1.807) is 36.4 Å². The van der Waals surface area contributed by atoms with Crippen molar-refractivity contribution in [1.29, 1.82) is 0 Å². The van der Waals surface area contributed by atoms with Crippen molar-refractivity contribution in [1.82, 2.24) is 19.7 Å². The lowest BCUT2D eigenvalue weighted by molar-refractivity contribution is 0.0896. The van der Waals surface area contributed by atoms with Gasteiger partial charge in [0, 0.05) is 21.2 Å². The average Bonchev–Trinajstić information content (AvgIpc) is 3.33. The molecule has 2 amide bonds. The number of aromatic nitrogens is 4. The number of carbonyl (C=O) groups excluding carboxylic acids is 2. The lowest BCUT2D eigenvalue weighted by Gasteiger charge is -2.19. The number of amides is 2. The second-order valence-electron chi connectivity index (χ2n) is 8.65. The first-order valence-electron chi connectivity index (χ1n) is 11.8. The summed E-state index contributed by atoms with van der Waals surface area (Å²) in [5.41, 5.74) is 2.15. The zero-order chi connectivity index (χ0) is 28.0. The minimum absolute atomic E-state index is 0.0378. The maximum absolute atomic E-state index is 14.0. The summed E-state index contributed by atoms with van der Waals surface area (Å²) in [7, 11) is 0. The number of halogens is 4. The van der Waals surface area contributed by atoms with Crippen molar-refractivity contribution < 1.29 is 9.59 Å². The van der Waals surface area contributed by atoms with Crippen molar-refractivity contribution in [2.45, 2.75) is 0 Å². The number of anilines is 1. The highest BCUT2D eigenvalue weighted by Gasteiger charge is 2.32. The fraction of sp³-hybridized carbons (Fsp3) is 0. The third-order valence-electron chi connectivity index (χ3n) is 6.11. The maximum Gasteiger partial charge on any atom is 0.266 e. The number of carbonyl (C=O) groups is 2. The van der Waals surface area contributed by atoms with E-state index in [1.165, 1.54) is 28.9 Å². The standard InChI is InChI=1S/C29H15Cl4N5O2/c30-18-10-6-16(7-11-18)28(39)37(29(40)17-8-12-19(31)13-9-17)27-25-26(38(36-27)20-4-2-1-3-5-20)35-24-22(33)15-14-21(32)23(24)34-25/h1-15H. The van der Waals surface area contributed by atoms with Gasteiger partial charge in [-0.3, -0.25) is 9.59 Å². The molecule has 2 aromatic heterocycles. The van der Waals surface area contributed by atoms with Gasteiger partial charge in [0.2, 0.25) is 0 Å². The molecule has 2 heterocycles. The number of para-hydroxylation sites is 1. The first-order chi connectivity index (χ1) is 19.3. The van der Waals surface area contributed by atoms with E-state index in [0.29, 0.717) is 36.8 Å². The van der Waals surface area contributed by atoms with Gasteiger partial charge < -0.3 is 0 Å². The summed E-state index contributed by atoms with van der Waals surface area (Å²) in [6.45, 7) is 0. The molecule has 0 aliphatic rings. The van der Waals surface area contributed by atoms with Crippen LogP contribution in [0.15, 0.2) is 91.0 Å². The van der Waals surface area contributed by atoms with Crippen LogP contribution < -0.4 is 4.90 Å². The van der Waals surface area contributed by atoms with E-state index in [0.717, 1.165) is 4.90 Å². The first-order valence-corrected chi connectivity index (χ1v) is 13.3. The summed E-state index contributed by atoms with van der Waals surface area (Å²) in [5, 5.41) is 6.22. The smallest absolute Gasteiger partial charge is 0.266 e. The van der Waals surface area contributed by atoms with Gasteiger partial charge in [-0.2, -0.15) is 0 Å². The fourth-order valence-electron chi connectivity index (χ4n) is 4.18. The lowest BCUT2D eigenvalue weighted by Crippen LogP contribution is -2.37. The number of fused-ring (bicyclic) bond motifs is 2. The van der Waals surface area contributed by atoms with Gasteiger partial charge in [-0.05, 0) is 72.8 Å². The van der Waals surface area contributed by atoms with Gasteiger partial charge in [-0.15, -0.1) is 5.10 Å². The lowest BCUT2D eigenvalue weighted by atomic mass is 10.1. The Morgan fingerprint density at radius 1 is 0.600 bits per heavy atom. The van der Waals surface area contributed by atoms with Crippen molar-refractivity contribution in [2.24, 2.45) is 0 Å². The molecule has 0 N–H and O–H groups in total. The third kappa shape index (κ3) is 4.67. The van der Waals surface area contributed by atoms with Crippen LogP contribution in [0.3, 0.4) is 0 Å². The van der Waals surface area contributed by atoms with Crippen molar-refractivity contribution in [3.8, 4) is 5.69 Å². The van der Waals surface area contributed by atoms with E-state index in [-0.39, 0.29) is 28.1 Å². The third-order valence-corrected chi connectivity index (χ3v) is 7.23. The summed E-state index contributed by atoms with van der Waals surface area (Å²) in [4.78, 5) is 38.5. The molecule has 0 saturated carbocycles. The molecule has 6 aromatic rings. The van der Waals surface area contributed by atoms with Crippen LogP contribution in [0.4, 0.5) is 5.82 Å². The summed E-state index contributed by atoms with van der Waals surface area (Å²) in [6.07, 6.45) is 0. The van der Waals surface area contributed by atoms with Crippen LogP contribution in [0.2, 0.25) is 20.1 Å². The molecule has 0 atom stereocenters. The molecule has 4 aromatic carbocycles. The molecule has 196 valence electrons. The van der Waals surface area contributed by atoms with E-state index >= 15 is 0 Å². The Morgan fingerprint density at radius 2 is 1.10 bits per heavy atom. The molecule has 0 saturated heterocycles. The molecule has 0 bridgehead atoms. The van der Waals surface area contributed by atoms with Crippen LogP contribution in [0.1, 0.15) is 20.7 Å². The van der Waals surface area contributed by atoms with Gasteiger partial charge in [0.15, 0.2) is 17.0 Å². The van der Waals surface area contributed by atoms with Crippen molar-refractivity contribution >= 4 is 86.2 Å². The molecule has 0 spiro atoms. The van der Waals surface area contributed by atoms with Crippen molar-refractivity contribution in [3.05, 3.63) is 122 Å². The Balaban J connectivity index is 1.66. The second-order valence-corrected chi connectivity index (χ2v) is 10.3. The predicted octanol–water partition coefficient (Wildman–Crippen LogP) is 8.07. The molecular weight excluding hydrogens is 592 g/mol. The number of imide groups is 1. The summed E-state index contributed by atoms with van der Waals surface area (Å²) in [5.74, 6) is -1.32. The second kappa shape index (κ2) is 10.5. The Kier molecular flexibility index (Phi) is 6.90. The zero-order valence-electron chi connectivity index (χ0n) is 20.2. The van der Waals surface area contributed by atoms with E-state index in [1.807, 2.05) is 30.3 Å². The minimum Gasteiger partial charge on any atom is -0.268 e. The zero-order valence-corrected chi connectivity index (χ0v) is 23.2. The summed E-state index contributed by atoms with van der Waals surface area (Å²) < 4.78 is 1.51. The van der Waals surface area contributed by atoms with Crippen molar-refractivity contribution in [2.75, 3.05) is 4.90 Å². The predicted molar refractivity (Wildman–Crippen MR) is 158 cm³/mol. The number of hydrogen-bond acceptors (Lipinski definition) is 5.